The van der Waals surface area contributed by atoms with E-state index in [1.165, 1.54) is 0 Å². The zero-order valence-corrected chi connectivity index (χ0v) is 10.0. The van der Waals surface area contributed by atoms with Crippen molar-refractivity contribution in [3.8, 4) is 0 Å². The average molecular weight is 274 g/mol. The molecule has 0 radical (unpaired) electrons. The first-order chi connectivity index (χ1) is 8.84. The molecule has 0 aliphatic rings. The highest BCUT2D eigenvalue weighted by molar-refractivity contribution is 5.73. The highest BCUT2D eigenvalue weighted by Crippen LogP contribution is 2.31. The first-order valence-corrected chi connectivity index (χ1v) is 5.22. The Morgan fingerprint density at radius 3 is 2.53 bits per heavy atom. The molecular formula is C10H9F3N4O2. The largest absolute Gasteiger partial charge is 0.435 e. The summed E-state index contributed by atoms with van der Waals surface area (Å²) in [6.45, 7) is 2.98. The van der Waals surface area contributed by atoms with E-state index in [1.807, 2.05) is 0 Å². The molecule has 9 heteroatoms. The summed E-state index contributed by atoms with van der Waals surface area (Å²) in [7, 11) is 0. The van der Waals surface area contributed by atoms with E-state index in [-0.39, 0.29) is 12.8 Å². The minimum atomic E-state index is -4.71. The molecule has 0 spiro atoms. The minimum Gasteiger partial charge on any atom is -0.361 e. The van der Waals surface area contributed by atoms with Crippen molar-refractivity contribution in [1.82, 2.24) is 20.2 Å². The summed E-state index contributed by atoms with van der Waals surface area (Å²) in [4.78, 5) is 10.6. The lowest BCUT2D eigenvalue weighted by Crippen LogP contribution is -2.17. The van der Waals surface area contributed by atoms with Gasteiger partial charge in [-0.05, 0) is 13.8 Å². The first kappa shape index (κ1) is 13.2. The van der Waals surface area contributed by atoms with Gasteiger partial charge in [-0.25, -0.2) is 4.68 Å². The number of rotatable bonds is 3. The van der Waals surface area contributed by atoms with Gasteiger partial charge >= 0.3 is 6.18 Å². The van der Waals surface area contributed by atoms with Crippen LogP contribution in [0, 0.1) is 13.8 Å². The van der Waals surface area contributed by atoms with E-state index in [4.69, 9.17) is 4.52 Å². The summed E-state index contributed by atoms with van der Waals surface area (Å²) in [5, 5.41) is 10.2. The third-order valence-corrected chi connectivity index (χ3v) is 2.63. The van der Waals surface area contributed by atoms with Gasteiger partial charge in [-0.2, -0.15) is 13.2 Å². The number of nitrogens with zero attached hydrogens (tertiary/aromatic N) is 4. The Balaban J connectivity index is 2.47. The molecule has 0 unspecified atom stereocenters. The number of alkyl halides is 3. The molecule has 19 heavy (non-hydrogen) atoms. The fraction of sp³-hybridized carbons (Fsp3) is 0.400. The second-order valence-corrected chi connectivity index (χ2v) is 3.90. The predicted molar refractivity (Wildman–Crippen MR) is 55.5 cm³/mol. The molecule has 0 fully saturated rings. The number of carbonyl (C=O) groups is 1. The van der Waals surface area contributed by atoms with E-state index in [0.717, 1.165) is 0 Å². The number of halogens is 3. The standard InChI is InChI=1S/C10H9F3N4O2/c1-5-7(6(2)19-15-5)3-17-9(10(11,12)13)8(4-18)14-16-17/h4H,3H2,1-2H3. The van der Waals surface area contributed by atoms with Crippen molar-refractivity contribution in [2.45, 2.75) is 26.6 Å². The maximum atomic E-state index is 12.9. The van der Waals surface area contributed by atoms with Crippen molar-refractivity contribution in [3.63, 3.8) is 0 Å². The van der Waals surface area contributed by atoms with Crippen LogP contribution in [-0.2, 0) is 12.7 Å². The van der Waals surface area contributed by atoms with Crippen molar-refractivity contribution in [3.05, 3.63) is 28.4 Å². The van der Waals surface area contributed by atoms with E-state index in [0.29, 0.717) is 21.7 Å². The lowest BCUT2D eigenvalue weighted by atomic mass is 10.2. The van der Waals surface area contributed by atoms with Crippen molar-refractivity contribution < 1.29 is 22.5 Å². The molecule has 0 saturated carbocycles. The van der Waals surface area contributed by atoms with Crippen molar-refractivity contribution in [2.24, 2.45) is 0 Å². The van der Waals surface area contributed by atoms with Crippen LogP contribution in [0.2, 0.25) is 0 Å². The summed E-state index contributed by atoms with van der Waals surface area (Å²) in [6.07, 6.45) is -4.68. The summed E-state index contributed by atoms with van der Waals surface area (Å²) >= 11 is 0. The Kier molecular flexibility index (Phi) is 3.13. The molecule has 102 valence electrons. The Labute approximate surface area is 105 Å². The van der Waals surface area contributed by atoms with Gasteiger partial charge < -0.3 is 4.52 Å². The van der Waals surface area contributed by atoms with E-state index < -0.39 is 17.6 Å². The van der Waals surface area contributed by atoms with Gasteiger partial charge in [-0.15, -0.1) is 5.10 Å². The molecule has 0 amide bonds. The summed E-state index contributed by atoms with van der Waals surface area (Å²) in [6, 6.07) is 0. The Morgan fingerprint density at radius 1 is 1.37 bits per heavy atom. The molecule has 0 saturated heterocycles. The zero-order chi connectivity index (χ0) is 14.2. The van der Waals surface area contributed by atoms with E-state index >= 15 is 0 Å². The van der Waals surface area contributed by atoms with Gasteiger partial charge in [0.05, 0.1) is 12.2 Å². The van der Waals surface area contributed by atoms with Crippen LogP contribution in [-0.4, -0.2) is 26.4 Å². The van der Waals surface area contributed by atoms with Crippen LogP contribution in [0.15, 0.2) is 4.52 Å². The second-order valence-electron chi connectivity index (χ2n) is 3.90. The number of aromatic nitrogens is 4. The number of hydrogen-bond acceptors (Lipinski definition) is 5. The molecule has 6 nitrogen and oxygen atoms in total. The summed E-state index contributed by atoms with van der Waals surface area (Å²) < 4.78 is 44.1. The number of aldehydes is 1. The highest BCUT2D eigenvalue weighted by atomic mass is 19.4. The third kappa shape index (κ3) is 2.35. The number of hydrogen-bond donors (Lipinski definition) is 0. The molecular weight excluding hydrogens is 265 g/mol. The lowest BCUT2D eigenvalue weighted by molar-refractivity contribution is -0.144. The maximum Gasteiger partial charge on any atom is 0.435 e. The monoisotopic (exact) mass is 274 g/mol. The summed E-state index contributed by atoms with van der Waals surface area (Å²) in [5.41, 5.74) is -0.969. The van der Waals surface area contributed by atoms with E-state index in [2.05, 4.69) is 15.5 Å². The fourth-order valence-corrected chi connectivity index (χ4v) is 1.69. The highest BCUT2D eigenvalue weighted by Gasteiger charge is 2.39. The van der Waals surface area contributed by atoms with Crippen LogP contribution in [0.1, 0.15) is 33.2 Å². The van der Waals surface area contributed by atoms with Gasteiger partial charge in [0, 0.05) is 5.56 Å². The Bertz CT molecular complexity index is 595. The van der Waals surface area contributed by atoms with Crippen LogP contribution in [0.5, 0.6) is 0 Å². The molecule has 0 aliphatic heterocycles. The number of aryl methyl sites for hydroxylation is 2. The molecule has 0 atom stereocenters. The van der Waals surface area contributed by atoms with Crippen LogP contribution in [0.3, 0.4) is 0 Å². The molecule has 0 bridgehead atoms. The molecule has 2 rings (SSSR count). The van der Waals surface area contributed by atoms with Crippen molar-refractivity contribution >= 4 is 6.29 Å². The van der Waals surface area contributed by atoms with Gasteiger partial charge in [-0.1, -0.05) is 10.4 Å². The lowest BCUT2D eigenvalue weighted by Gasteiger charge is -2.09. The normalized spacial score (nSPS) is 11.8. The van der Waals surface area contributed by atoms with Gasteiger partial charge in [0.1, 0.15) is 5.76 Å². The van der Waals surface area contributed by atoms with E-state index in [1.54, 1.807) is 13.8 Å². The SMILES string of the molecule is Cc1noc(C)c1Cn1nnc(C=O)c1C(F)(F)F. The molecule has 0 N–H and O–H groups in total. The van der Waals surface area contributed by atoms with E-state index in [9.17, 15) is 18.0 Å². The summed E-state index contributed by atoms with van der Waals surface area (Å²) in [5.74, 6) is 0.397. The maximum absolute atomic E-state index is 12.9. The Morgan fingerprint density at radius 2 is 2.05 bits per heavy atom. The fourth-order valence-electron chi connectivity index (χ4n) is 1.69. The molecule has 2 heterocycles. The topological polar surface area (TPSA) is 73.8 Å². The van der Waals surface area contributed by atoms with Gasteiger partial charge in [0.15, 0.2) is 17.7 Å². The van der Waals surface area contributed by atoms with Crippen LogP contribution in [0.4, 0.5) is 13.2 Å². The smallest absolute Gasteiger partial charge is 0.361 e. The Hall–Kier alpha value is -2.19. The quantitative estimate of drug-likeness (QED) is 0.797. The van der Waals surface area contributed by atoms with Gasteiger partial charge in [0.25, 0.3) is 0 Å². The van der Waals surface area contributed by atoms with Gasteiger partial charge in [0.2, 0.25) is 0 Å². The van der Waals surface area contributed by atoms with Crippen LogP contribution in [0.25, 0.3) is 0 Å². The first-order valence-electron chi connectivity index (χ1n) is 5.22. The third-order valence-electron chi connectivity index (χ3n) is 2.63. The molecule has 2 aromatic rings. The zero-order valence-electron chi connectivity index (χ0n) is 10.0. The minimum absolute atomic E-state index is 0.0274. The predicted octanol–water partition coefficient (Wildman–Crippen LogP) is 1.76. The molecule has 2 aromatic heterocycles. The van der Waals surface area contributed by atoms with Crippen molar-refractivity contribution in [2.75, 3.05) is 0 Å². The van der Waals surface area contributed by atoms with Gasteiger partial charge in [-0.3, -0.25) is 4.79 Å². The average Bonchev–Trinajstić information content (AvgIpc) is 2.87. The van der Waals surface area contributed by atoms with Crippen LogP contribution >= 0.6 is 0 Å². The molecule has 0 aromatic carbocycles. The number of carbonyl (C=O) groups excluding carboxylic acids is 1. The second kappa shape index (κ2) is 4.48. The van der Waals surface area contributed by atoms with Crippen molar-refractivity contribution in [1.29, 1.82) is 0 Å². The van der Waals surface area contributed by atoms with Crippen LogP contribution < -0.4 is 0 Å². The molecule has 0 aliphatic carbocycles.